The second-order valence-corrected chi connectivity index (χ2v) is 3.81. The minimum Gasteiger partial charge on any atom is -0.391 e. The van der Waals surface area contributed by atoms with Crippen LogP contribution in [0, 0.1) is 0 Å². The number of β-amino-alcohol motifs (C(OH)–C–C–N with tert-alkyl or cyclic N) is 1. The topological polar surface area (TPSA) is 75.4 Å². The van der Waals surface area contributed by atoms with E-state index in [-0.39, 0.29) is 12.5 Å². The van der Waals surface area contributed by atoms with Gasteiger partial charge < -0.3 is 10.0 Å². The van der Waals surface area contributed by atoms with Crippen molar-refractivity contribution in [3.8, 4) is 0 Å². The molecule has 0 saturated carbocycles. The zero-order valence-electron chi connectivity index (χ0n) is 8.74. The molecule has 0 aliphatic carbocycles. The largest absolute Gasteiger partial charge is 0.391 e. The third-order valence-corrected chi connectivity index (χ3v) is 2.60. The van der Waals surface area contributed by atoms with E-state index < -0.39 is 11.8 Å². The molecule has 0 aromatic carbocycles. The Kier molecular flexibility index (Phi) is 3.00. The summed E-state index contributed by atoms with van der Waals surface area (Å²) in [5, 5.41) is 9.29. The van der Waals surface area contributed by atoms with Crippen LogP contribution in [0.25, 0.3) is 0 Å². The number of aliphatic hydroxyl groups excluding tert-OH is 1. The van der Waals surface area contributed by atoms with Crippen molar-refractivity contribution in [2.24, 2.45) is 0 Å². The van der Waals surface area contributed by atoms with E-state index in [2.05, 4.69) is 4.98 Å². The Balaban J connectivity index is 2.03. The van der Waals surface area contributed by atoms with Gasteiger partial charge >= 0.3 is 5.69 Å². The number of aromatic nitrogens is 2. The molecule has 1 aromatic heterocycles. The van der Waals surface area contributed by atoms with Crippen molar-refractivity contribution in [1.29, 1.82) is 0 Å². The van der Waals surface area contributed by atoms with Crippen molar-refractivity contribution in [3.05, 3.63) is 28.9 Å². The number of carbonyl (C=O) groups is 1. The van der Waals surface area contributed by atoms with Crippen molar-refractivity contribution in [3.63, 3.8) is 0 Å². The first-order chi connectivity index (χ1) is 7.66. The van der Waals surface area contributed by atoms with E-state index in [9.17, 15) is 14.7 Å². The smallest absolute Gasteiger partial charge is 0.347 e. The van der Waals surface area contributed by atoms with Crippen molar-refractivity contribution in [2.75, 3.05) is 13.1 Å². The summed E-state index contributed by atoms with van der Waals surface area (Å²) in [5.74, 6) is -0.161. The van der Waals surface area contributed by atoms with Gasteiger partial charge in [0.1, 0.15) is 6.54 Å². The maximum atomic E-state index is 11.7. The lowest BCUT2D eigenvalue weighted by atomic mass is 10.3. The lowest BCUT2D eigenvalue weighted by Crippen LogP contribution is -2.35. The Morgan fingerprint density at radius 1 is 1.62 bits per heavy atom. The standard InChI is InChI=1S/C10H13N3O3/c14-8-2-5-12(6-8)9(15)7-13-4-1-3-11-10(13)16/h1,3-4,8,14H,2,5-7H2/t8-/m1/s1. The van der Waals surface area contributed by atoms with Gasteiger partial charge in [-0.25, -0.2) is 9.78 Å². The van der Waals surface area contributed by atoms with Crippen LogP contribution in [0.1, 0.15) is 6.42 Å². The molecule has 1 amide bonds. The van der Waals surface area contributed by atoms with E-state index in [0.717, 1.165) is 0 Å². The third-order valence-electron chi connectivity index (χ3n) is 2.60. The molecule has 1 fully saturated rings. The molecule has 1 N–H and O–H groups in total. The minimum absolute atomic E-state index is 0.0145. The molecule has 0 spiro atoms. The Morgan fingerprint density at radius 2 is 2.44 bits per heavy atom. The van der Waals surface area contributed by atoms with Crippen molar-refractivity contribution >= 4 is 5.91 Å². The number of aliphatic hydroxyl groups is 1. The van der Waals surface area contributed by atoms with Crippen LogP contribution >= 0.6 is 0 Å². The van der Waals surface area contributed by atoms with Gasteiger partial charge in [-0.15, -0.1) is 0 Å². The van der Waals surface area contributed by atoms with Crippen LogP contribution in [-0.2, 0) is 11.3 Å². The first-order valence-electron chi connectivity index (χ1n) is 5.14. The van der Waals surface area contributed by atoms with Gasteiger partial charge in [0.25, 0.3) is 0 Å². The van der Waals surface area contributed by atoms with Crippen LogP contribution in [0.4, 0.5) is 0 Å². The molecule has 2 rings (SSSR count). The van der Waals surface area contributed by atoms with Crippen LogP contribution in [0.2, 0.25) is 0 Å². The highest BCUT2D eigenvalue weighted by Gasteiger charge is 2.24. The quantitative estimate of drug-likeness (QED) is 0.686. The molecule has 86 valence electrons. The molecule has 1 saturated heterocycles. The van der Waals surface area contributed by atoms with Gasteiger partial charge in [0, 0.05) is 25.5 Å². The highest BCUT2D eigenvalue weighted by atomic mass is 16.3. The predicted octanol–water partition coefficient (Wildman–Crippen LogP) is -1.16. The Morgan fingerprint density at radius 3 is 3.06 bits per heavy atom. The molecule has 6 heteroatoms. The second kappa shape index (κ2) is 4.44. The normalized spacial score (nSPS) is 20.1. The number of rotatable bonds is 2. The average molecular weight is 223 g/mol. The molecule has 0 unspecified atom stereocenters. The lowest BCUT2D eigenvalue weighted by molar-refractivity contribution is -0.131. The van der Waals surface area contributed by atoms with Crippen molar-refractivity contribution < 1.29 is 9.90 Å². The molecular weight excluding hydrogens is 210 g/mol. The average Bonchev–Trinajstić information content (AvgIpc) is 2.68. The summed E-state index contributed by atoms with van der Waals surface area (Å²) in [4.78, 5) is 28.1. The fourth-order valence-electron chi connectivity index (χ4n) is 1.72. The fourth-order valence-corrected chi connectivity index (χ4v) is 1.72. The van der Waals surface area contributed by atoms with Crippen LogP contribution in [0.15, 0.2) is 23.3 Å². The van der Waals surface area contributed by atoms with E-state index in [1.807, 2.05) is 0 Å². The maximum Gasteiger partial charge on any atom is 0.347 e. The molecule has 16 heavy (non-hydrogen) atoms. The summed E-state index contributed by atoms with van der Waals surface area (Å²) in [5.41, 5.74) is -0.435. The molecule has 1 aromatic rings. The Labute approximate surface area is 92.1 Å². The van der Waals surface area contributed by atoms with Crippen LogP contribution in [0.3, 0.4) is 0 Å². The summed E-state index contributed by atoms with van der Waals surface area (Å²) < 4.78 is 1.26. The van der Waals surface area contributed by atoms with E-state index >= 15 is 0 Å². The Hall–Kier alpha value is -1.69. The van der Waals surface area contributed by atoms with Gasteiger partial charge in [-0.05, 0) is 12.5 Å². The van der Waals surface area contributed by atoms with Crippen LogP contribution in [-0.4, -0.2) is 44.7 Å². The summed E-state index contributed by atoms with van der Waals surface area (Å²) >= 11 is 0. The van der Waals surface area contributed by atoms with E-state index in [1.54, 1.807) is 11.0 Å². The maximum absolute atomic E-state index is 11.7. The molecule has 1 atom stereocenters. The van der Waals surface area contributed by atoms with Gasteiger partial charge in [-0.3, -0.25) is 9.36 Å². The zero-order valence-corrected chi connectivity index (χ0v) is 8.74. The summed E-state index contributed by atoms with van der Waals surface area (Å²) in [6, 6.07) is 1.60. The highest BCUT2D eigenvalue weighted by molar-refractivity contribution is 5.76. The first-order valence-corrected chi connectivity index (χ1v) is 5.14. The van der Waals surface area contributed by atoms with E-state index in [0.29, 0.717) is 19.5 Å². The monoisotopic (exact) mass is 223 g/mol. The molecule has 2 heterocycles. The van der Waals surface area contributed by atoms with E-state index in [1.165, 1.54) is 17.0 Å². The molecule has 0 radical (unpaired) electrons. The fraction of sp³-hybridized carbons (Fsp3) is 0.500. The molecule has 1 aliphatic rings. The number of carbonyl (C=O) groups excluding carboxylic acids is 1. The minimum atomic E-state index is -0.436. The van der Waals surface area contributed by atoms with Crippen molar-refractivity contribution in [2.45, 2.75) is 19.1 Å². The third kappa shape index (κ3) is 2.27. The molecule has 0 bridgehead atoms. The van der Waals surface area contributed by atoms with Gasteiger partial charge in [0.15, 0.2) is 0 Å². The van der Waals surface area contributed by atoms with Crippen LogP contribution in [0.5, 0.6) is 0 Å². The first kappa shape index (κ1) is 10.8. The number of likely N-dealkylation sites (tertiary alicyclic amines) is 1. The molecule has 1 aliphatic heterocycles. The van der Waals surface area contributed by atoms with Gasteiger partial charge in [0.2, 0.25) is 5.91 Å². The van der Waals surface area contributed by atoms with Gasteiger partial charge in [0.05, 0.1) is 6.10 Å². The number of hydrogen-bond donors (Lipinski definition) is 1. The van der Waals surface area contributed by atoms with E-state index in [4.69, 9.17) is 0 Å². The summed E-state index contributed by atoms with van der Waals surface area (Å²) in [7, 11) is 0. The summed E-state index contributed by atoms with van der Waals surface area (Å²) in [6.07, 6.45) is 3.09. The number of amides is 1. The zero-order chi connectivity index (χ0) is 11.5. The van der Waals surface area contributed by atoms with Crippen molar-refractivity contribution in [1.82, 2.24) is 14.5 Å². The van der Waals surface area contributed by atoms with Gasteiger partial charge in [-0.1, -0.05) is 0 Å². The molecular formula is C10H13N3O3. The number of hydrogen-bond acceptors (Lipinski definition) is 4. The number of nitrogens with zero attached hydrogens (tertiary/aromatic N) is 3. The lowest BCUT2D eigenvalue weighted by Gasteiger charge is -2.15. The Bertz CT molecular complexity index is 443. The van der Waals surface area contributed by atoms with Gasteiger partial charge in [-0.2, -0.15) is 0 Å². The highest BCUT2D eigenvalue weighted by Crippen LogP contribution is 2.08. The second-order valence-electron chi connectivity index (χ2n) is 3.81. The molecule has 6 nitrogen and oxygen atoms in total. The van der Waals surface area contributed by atoms with Crippen LogP contribution < -0.4 is 5.69 Å². The summed E-state index contributed by atoms with van der Waals surface area (Å²) in [6.45, 7) is 0.891. The SMILES string of the molecule is O=C(Cn1cccnc1=O)N1CC[C@@H](O)C1. The predicted molar refractivity (Wildman–Crippen MR) is 55.7 cm³/mol.